The zero-order valence-electron chi connectivity index (χ0n) is 18.0. The lowest BCUT2D eigenvalue weighted by Crippen LogP contribution is -2.36. The second-order valence-corrected chi connectivity index (χ2v) is 9.56. The van der Waals surface area contributed by atoms with Crippen molar-refractivity contribution in [3.8, 4) is 5.69 Å². The van der Waals surface area contributed by atoms with Gasteiger partial charge < -0.3 is 4.90 Å². The Labute approximate surface area is 192 Å². The van der Waals surface area contributed by atoms with Crippen molar-refractivity contribution in [2.75, 3.05) is 0 Å². The molecule has 0 spiro atoms. The first-order valence-electron chi connectivity index (χ1n) is 11.4. The van der Waals surface area contributed by atoms with Crippen molar-refractivity contribution < 1.29 is 4.79 Å². The molecule has 1 aromatic heterocycles. The molecule has 0 N–H and O–H groups in total. The summed E-state index contributed by atoms with van der Waals surface area (Å²) in [4.78, 5) is 15.7. The number of nitrogens with zero attached hydrogens (tertiary/aromatic N) is 4. The van der Waals surface area contributed by atoms with Gasteiger partial charge in [-0.25, -0.2) is 0 Å². The van der Waals surface area contributed by atoms with Crippen LogP contribution < -0.4 is 0 Å². The molecule has 0 aliphatic carbocycles. The van der Waals surface area contributed by atoms with E-state index in [1.165, 1.54) is 0 Å². The van der Waals surface area contributed by atoms with Gasteiger partial charge in [0.15, 0.2) is 0 Å². The Morgan fingerprint density at radius 2 is 1.69 bits per heavy atom. The van der Waals surface area contributed by atoms with Crippen LogP contribution in [0.5, 0.6) is 0 Å². The Morgan fingerprint density at radius 3 is 2.41 bits per heavy atom. The van der Waals surface area contributed by atoms with Gasteiger partial charge in [0.1, 0.15) is 11.6 Å². The number of rotatable bonds is 3. The van der Waals surface area contributed by atoms with Gasteiger partial charge in [0, 0.05) is 35.0 Å². The van der Waals surface area contributed by atoms with Crippen LogP contribution in [0.2, 0.25) is 5.02 Å². The lowest BCUT2D eigenvalue weighted by atomic mass is 9.92. The van der Waals surface area contributed by atoms with Gasteiger partial charge in [-0.1, -0.05) is 48.0 Å². The summed E-state index contributed by atoms with van der Waals surface area (Å²) in [6.07, 6.45) is 7.21. The van der Waals surface area contributed by atoms with E-state index in [-0.39, 0.29) is 11.8 Å². The number of hydrogen-bond acceptors (Lipinski definition) is 3. The highest BCUT2D eigenvalue weighted by Gasteiger charge is 2.42. The van der Waals surface area contributed by atoms with Gasteiger partial charge in [0.05, 0.1) is 5.69 Å². The molecular formula is C26H25ClN4O. The largest absolute Gasteiger partial charge is 0.337 e. The van der Waals surface area contributed by atoms with E-state index in [2.05, 4.69) is 43.9 Å². The first-order valence-corrected chi connectivity index (χ1v) is 11.8. The topological polar surface area (TPSA) is 51.0 Å². The molecule has 1 amide bonds. The second-order valence-electron chi connectivity index (χ2n) is 9.12. The summed E-state index contributed by atoms with van der Waals surface area (Å²) < 4.78 is 2.12. The van der Waals surface area contributed by atoms with E-state index < -0.39 is 0 Å². The molecule has 0 radical (unpaired) electrons. The summed E-state index contributed by atoms with van der Waals surface area (Å²) in [5, 5.41) is 9.64. The highest BCUT2D eigenvalue weighted by atomic mass is 35.5. The molecule has 3 aliphatic heterocycles. The SMILES string of the molecule is Cc1nnc2n1-c1ccccc1C(c1ccc(Cl)cc1)=C[C@H]2CC(=O)N1C2CCC1CC2. The fraction of sp³-hybridized carbons (Fsp3) is 0.346. The number of amides is 1. The van der Waals surface area contributed by atoms with Crippen LogP contribution in [0.3, 0.4) is 0 Å². The van der Waals surface area contributed by atoms with Crippen LogP contribution in [0.1, 0.15) is 60.8 Å². The molecule has 0 saturated carbocycles. The maximum atomic E-state index is 13.5. The number of allylic oxidation sites excluding steroid dienone is 1. The quantitative estimate of drug-likeness (QED) is 0.550. The van der Waals surface area contributed by atoms with Crippen LogP contribution in [0, 0.1) is 6.92 Å². The molecule has 1 atom stereocenters. The van der Waals surface area contributed by atoms with Gasteiger partial charge in [0.2, 0.25) is 5.91 Å². The van der Waals surface area contributed by atoms with Crippen LogP contribution in [0.4, 0.5) is 0 Å². The molecule has 0 unspecified atom stereocenters. The number of carbonyl (C=O) groups excluding carboxylic acids is 1. The summed E-state index contributed by atoms with van der Waals surface area (Å²) in [7, 11) is 0. The van der Waals surface area contributed by atoms with Crippen molar-refractivity contribution in [3.63, 3.8) is 0 Å². The molecule has 4 heterocycles. The Bertz CT molecular complexity index is 1210. The normalized spacial score (nSPS) is 23.5. The number of carbonyl (C=O) groups is 1. The molecule has 162 valence electrons. The highest BCUT2D eigenvalue weighted by molar-refractivity contribution is 6.30. The lowest BCUT2D eigenvalue weighted by molar-refractivity contribution is -0.132. The van der Waals surface area contributed by atoms with Crippen molar-refractivity contribution in [3.05, 3.63) is 82.4 Å². The molecule has 5 nitrogen and oxygen atoms in total. The number of fused-ring (bicyclic) bond motifs is 5. The number of aryl methyl sites for hydroxylation is 1. The van der Waals surface area contributed by atoms with Gasteiger partial charge >= 0.3 is 0 Å². The van der Waals surface area contributed by atoms with E-state index >= 15 is 0 Å². The fourth-order valence-corrected chi connectivity index (χ4v) is 5.95. The number of hydrogen-bond donors (Lipinski definition) is 0. The van der Waals surface area contributed by atoms with Crippen molar-refractivity contribution in [1.82, 2.24) is 19.7 Å². The minimum Gasteiger partial charge on any atom is -0.337 e. The first-order chi connectivity index (χ1) is 15.6. The Morgan fingerprint density at radius 1 is 1.00 bits per heavy atom. The summed E-state index contributed by atoms with van der Waals surface area (Å²) >= 11 is 6.17. The number of halogens is 1. The van der Waals surface area contributed by atoms with Gasteiger partial charge in [-0.2, -0.15) is 0 Å². The molecule has 2 saturated heterocycles. The van der Waals surface area contributed by atoms with Crippen LogP contribution in [-0.4, -0.2) is 37.7 Å². The third kappa shape index (κ3) is 3.10. The number of benzene rings is 2. The molecule has 2 fully saturated rings. The Kier molecular flexibility index (Phi) is 4.68. The zero-order valence-corrected chi connectivity index (χ0v) is 18.8. The molecule has 6 heteroatoms. The number of aromatic nitrogens is 3. The summed E-state index contributed by atoms with van der Waals surface area (Å²) in [5.74, 6) is 1.75. The molecule has 32 heavy (non-hydrogen) atoms. The number of para-hydroxylation sites is 1. The molecular weight excluding hydrogens is 420 g/mol. The lowest BCUT2D eigenvalue weighted by Gasteiger charge is -2.24. The maximum absolute atomic E-state index is 13.5. The summed E-state index contributed by atoms with van der Waals surface area (Å²) in [6, 6.07) is 17.1. The van der Waals surface area contributed by atoms with Crippen molar-refractivity contribution in [2.24, 2.45) is 0 Å². The van der Waals surface area contributed by atoms with Crippen LogP contribution in [0.15, 0.2) is 54.6 Å². The first kappa shape index (κ1) is 19.7. The average Bonchev–Trinajstić information content (AvgIpc) is 3.49. The van der Waals surface area contributed by atoms with Crippen LogP contribution in [0.25, 0.3) is 11.3 Å². The van der Waals surface area contributed by atoms with E-state index in [0.29, 0.717) is 23.5 Å². The van der Waals surface area contributed by atoms with E-state index in [1.54, 1.807) is 0 Å². The molecule has 3 aromatic rings. The van der Waals surface area contributed by atoms with Gasteiger partial charge in [-0.05, 0) is 61.9 Å². The second kappa shape index (κ2) is 7.59. The standard InChI is InChI=1S/C26H25ClN4O/c1-16-28-29-26-18(15-25(32)31-20-10-11-21(31)13-12-20)14-23(17-6-8-19(27)9-7-17)22-4-2-3-5-24(22)30(16)26/h2-9,14,18,20-21H,10-13,15H2,1H3/t18-,20?,21?/m0/s1. The third-order valence-corrected chi connectivity index (χ3v) is 7.53. The average molecular weight is 445 g/mol. The minimum atomic E-state index is -0.151. The van der Waals surface area contributed by atoms with Gasteiger partial charge in [-0.15, -0.1) is 10.2 Å². The Hall–Kier alpha value is -2.92. The monoisotopic (exact) mass is 444 g/mol. The molecule has 6 rings (SSSR count). The molecule has 2 bridgehead atoms. The van der Waals surface area contributed by atoms with Crippen LogP contribution >= 0.6 is 11.6 Å². The molecule has 3 aliphatic rings. The fourth-order valence-electron chi connectivity index (χ4n) is 5.82. The van der Waals surface area contributed by atoms with E-state index in [4.69, 9.17) is 11.6 Å². The van der Waals surface area contributed by atoms with E-state index in [0.717, 1.165) is 59.7 Å². The highest BCUT2D eigenvalue weighted by Crippen LogP contribution is 2.41. The summed E-state index contributed by atoms with van der Waals surface area (Å²) in [5.41, 5.74) is 4.33. The minimum absolute atomic E-state index is 0.151. The Balaban J connectivity index is 1.47. The van der Waals surface area contributed by atoms with E-state index in [9.17, 15) is 4.79 Å². The zero-order chi connectivity index (χ0) is 21.8. The van der Waals surface area contributed by atoms with E-state index in [1.807, 2.05) is 37.3 Å². The van der Waals surface area contributed by atoms with Crippen molar-refractivity contribution in [2.45, 2.75) is 57.0 Å². The van der Waals surface area contributed by atoms with Crippen molar-refractivity contribution >= 4 is 23.1 Å². The third-order valence-electron chi connectivity index (χ3n) is 7.28. The molecule has 2 aromatic carbocycles. The van der Waals surface area contributed by atoms with Crippen LogP contribution in [-0.2, 0) is 4.79 Å². The smallest absolute Gasteiger partial charge is 0.224 e. The maximum Gasteiger partial charge on any atom is 0.224 e. The van der Waals surface area contributed by atoms with Gasteiger partial charge in [-0.3, -0.25) is 9.36 Å². The predicted molar refractivity (Wildman–Crippen MR) is 125 cm³/mol. The summed E-state index contributed by atoms with van der Waals surface area (Å²) in [6.45, 7) is 1.97. The van der Waals surface area contributed by atoms with Crippen molar-refractivity contribution in [1.29, 1.82) is 0 Å². The van der Waals surface area contributed by atoms with Gasteiger partial charge in [0.25, 0.3) is 0 Å². The predicted octanol–water partition coefficient (Wildman–Crippen LogP) is 5.30.